The maximum Gasteiger partial charge on any atom is 0.274 e. The van der Waals surface area contributed by atoms with E-state index in [2.05, 4.69) is 31.6 Å². The lowest BCUT2D eigenvalue weighted by Crippen LogP contribution is -2.24. The molecule has 1 amide bonds. The van der Waals surface area contributed by atoms with Gasteiger partial charge < -0.3 is 10.1 Å². The minimum Gasteiger partial charge on any atom is -0.494 e. The van der Waals surface area contributed by atoms with E-state index >= 15 is 0 Å². The molecule has 3 rings (SSSR count). The molecule has 0 aliphatic carbocycles. The summed E-state index contributed by atoms with van der Waals surface area (Å²) in [5, 5.41) is 11.5. The molecule has 0 radical (unpaired) electrons. The van der Waals surface area contributed by atoms with Crippen molar-refractivity contribution < 1.29 is 9.53 Å². The minimum absolute atomic E-state index is 0.252. The molecule has 0 unspecified atom stereocenters. The van der Waals surface area contributed by atoms with Gasteiger partial charge in [0.05, 0.1) is 12.8 Å². The lowest BCUT2D eigenvalue weighted by atomic mass is 10.2. The van der Waals surface area contributed by atoms with Crippen molar-refractivity contribution in [2.45, 2.75) is 13.5 Å². The van der Waals surface area contributed by atoms with Gasteiger partial charge in [0.1, 0.15) is 11.4 Å². The Kier molecular flexibility index (Phi) is 5.58. The van der Waals surface area contributed by atoms with Crippen LogP contribution in [0.1, 0.15) is 21.7 Å². The third kappa shape index (κ3) is 3.89. The Bertz CT molecular complexity index is 958. The molecule has 1 N–H and O–H groups in total. The highest BCUT2D eigenvalue weighted by atomic mass is 79.9. The second-order valence-electron chi connectivity index (χ2n) is 5.56. The van der Waals surface area contributed by atoms with E-state index in [0.717, 1.165) is 10.0 Å². The number of benzene rings is 2. The first-order valence-electron chi connectivity index (χ1n) is 7.78. The van der Waals surface area contributed by atoms with E-state index in [1.54, 1.807) is 36.9 Å². The quantitative estimate of drug-likeness (QED) is 0.659. The zero-order valence-corrected chi connectivity index (χ0v) is 16.5. The van der Waals surface area contributed by atoms with Gasteiger partial charge in [-0.15, -0.1) is 5.10 Å². The Morgan fingerprint density at radius 2 is 2.12 bits per heavy atom. The second kappa shape index (κ2) is 7.88. The number of halogens is 2. The Morgan fingerprint density at radius 3 is 2.85 bits per heavy atom. The molecule has 8 heteroatoms. The highest BCUT2D eigenvalue weighted by Crippen LogP contribution is 2.27. The lowest BCUT2D eigenvalue weighted by molar-refractivity contribution is 0.0945. The van der Waals surface area contributed by atoms with Gasteiger partial charge in [0.2, 0.25) is 0 Å². The molecule has 0 fully saturated rings. The van der Waals surface area contributed by atoms with E-state index in [4.69, 9.17) is 16.3 Å². The molecule has 0 aliphatic rings. The van der Waals surface area contributed by atoms with E-state index in [9.17, 15) is 4.79 Å². The van der Waals surface area contributed by atoms with Crippen LogP contribution in [-0.4, -0.2) is 28.0 Å². The van der Waals surface area contributed by atoms with Gasteiger partial charge in [-0.3, -0.25) is 4.79 Å². The van der Waals surface area contributed by atoms with Crippen molar-refractivity contribution in [1.82, 2.24) is 20.3 Å². The zero-order chi connectivity index (χ0) is 18.7. The summed E-state index contributed by atoms with van der Waals surface area (Å²) >= 11 is 9.49. The second-order valence-corrected chi connectivity index (χ2v) is 6.92. The van der Waals surface area contributed by atoms with Gasteiger partial charge >= 0.3 is 0 Å². The molecule has 1 heterocycles. The molecular weight excluding hydrogens is 420 g/mol. The SMILES string of the molecule is COc1ccc(Cl)cc1-n1nnc(C(=O)NCc2cccc(Br)c2)c1C. The number of hydrogen-bond acceptors (Lipinski definition) is 4. The number of nitrogens with one attached hydrogen (secondary N) is 1. The fourth-order valence-corrected chi connectivity index (χ4v) is 3.12. The highest BCUT2D eigenvalue weighted by Gasteiger charge is 2.19. The van der Waals surface area contributed by atoms with Crippen LogP contribution in [0.25, 0.3) is 5.69 Å². The third-order valence-corrected chi connectivity index (χ3v) is 4.55. The molecule has 2 aromatic carbocycles. The Morgan fingerprint density at radius 1 is 1.31 bits per heavy atom. The lowest BCUT2D eigenvalue weighted by Gasteiger charge is -2.10. The average molecular weight is 436 g/mol. The van der Waals surface area contributed by atoms with Crippen molar-refractivity contribution in [2.75, 3.05) is 7.11 Å². The zero-order valence-electron chi connectivity index (χ0n) is 14.2. The maximum absolute atomic E-state index is 12.5. The monoisotopic (exact) mass is 434 g/mol. The standard InChI is InChI=1S/C18H16BrClN4O2/c1-11-17(18(25)21-10-12-4-3-5-13(19)8-12)22-23-24(11)15-9-14(20)6-7-16(15)26-2/h3-9H,10H2,1-2H3,(H,21,25). The van der Waals surface area contributed by atoms with Crippen LogP contribution in [0.5, 0.6) is 5.75 Å². The van der Waals surface area contributed by atoms with Crippen LogP contribution in [0.3, 0.4) is 0 Å². The van der Waals surface area contributed by atoms with E-state index in [-0.39, 0.29) is 11.6 Å². The Balaban J connectivity index is 1.82. The summed E-state index contributed by atoms with van der Waals surface area (Å²) in [5.41, 5.74) is 2.45. The molecule has 134 valence electrons. The predicted octanol–water partition coefficient (Wildman–Crippen LogP) is 3.93. The summed E-state index contributed by atoms with van der Waals surface area (Å²) in [7, 11) is 1.56. The summed E-state index contributed by atoms with van der Waals surface area (Å²) < 4.78 is 7.84. The van der Waals surface area contributed by atoms with Gasteiger partial charge in [-0.25, -0.2) is 4.68 Å². The molecule has 26 heavy (non-hydrogen) atoms. The van der Waals surface area contributed by atoms with Gasteiger partial charge in [-0.05, 0) is 42.8 Å². The molecule has 0 saturated carbocycles. The number of carbonyl (C=O) groups excluding carboxylic acids is 1. The Labute approximate surface area is 164 Å². The molecule has 1 aromatic heterocycles. The van der Waals surface area contributed by atoms with Crippen molar-refractivity contribution in [2.24, 2.45) is 0 Å². The highest BCUT2D eigenvalue weighted by molar-refractivity contribution is 9.10. The van der Waals surface area contributed by atoms with Crippen LogP contribution in [0.15, 0.2) is 46.9 Å². The summed E-state index contributed by atoms with van der Waals surface area (Å²) in [6, 6.07) is 12.9. The van der Waals surface area contributed by atoms with Gasteiger partial charge in [0.25, 0.3) is 5.91 Å². The number of carbonyl (C=O) groups is 1. The van der Waals surface area contributed by atoms with Crippen LogP contribution in [0.4, 0.5) is 0 Å². The third-order valence-electron chi connectivity index (χ3n) is 3.82. The van der Waals surface area contributed by atoms with E-state index in [0.29, 0.717) is 28.7 Å². The van der Waals surface area contributed by atoms with Crippen LogP contribution in [0, 0.1) is 6.92 Å². The first-order chi connectivity index (χ1) is 12.5. The van der Waals surface area contributed by atoms with E-state index in [1.165, 1.54) is 0 Å². The topological polar surface area (TPSA) is 69.0 Å². The minimum atomic E-state index is -0.297. The number of rotatable bonds is 5. The van der Waals surface area contributed by atoms with Gasteiger partial charge in [0, 0.05) is 16.0 Å². The number of ether oxygens (including phenoxy) is 1. The van der Waals surface area contributed by atoms with Gasteiger partial charge in [0.15, 0.2) is 5.69 Å². The van der Waals surface area contributed by atoms with Crippen molar-refractivity contribution in [3.8, 4) is 11.4 Å². The van der Waals surface area contributed by atoms with Crippen molar-refractivity contribution in [3.05, 3.63) is 68.9 Å². The number of methoxy groups -OCH3 is 1. The van der Waals surface area contributed by atoms with Crippen molar-refractivity contribution >= 4 is 33.4 Å². The molecule has 0 aliphatic heterocycles. The smallest absolute Gasteiger partial charge is 0.274 e. The van der Waals surface area contributed by atoms with Crippen molar-refractivity contribution in [1.29, 1.82) is 0 Å². The average Bonchev–Trinajstić information content (AvgIpc) is 3.01. The van der Waals surface area contributed by atoms with Crippen LogP contribution < -0.4 is 10.1 Å². The molecule has 0 saturated heterocycles. The number of amides is 1. The summed E-state index contributed by atoms with van der Waals surface area (Å²) in [5.74, 6) is 0.290. The molecular formula is C18H16BrClN4O2. The van der Waals surface area contributed by atoms with Crippen LogP contribution in [-0.2, 0) is 6.54 Å². The first kappa shape index (κ1) is 18.4. The predicted molar refractivity (Wildman–Crippen MR) is 103 cm³/mol. The summed E-state index contributed by atoms with van der Waals surface area (Å²) in [4.78, 5) is 12.5. The number of nitrogens with zero attached hydrogens (tertiary/aromatic N) is 3. The largest absolute Gasteiger partial charge is 0.494 e. The molecule has 0 atom stereocenters. The first-order valence-corrected chi connectivity index (χ1v) is 8.95. The van der Waals surface area contributed by atoms with Gasteiger partial charge in [-0.1, -0.05) is 44.9 Å². The number of hydrogen-bond donors (Lipinski definition) is 1. The van der Waals surface area contributed by atoms with E-state index in [1.807, 2.05) is 24.3 Å². The normalized spacial score (nSPS) is 10.6. The maximum atomic E-state index is 12.5. The fourth-order valence-electron chi connectivity index (χ4n) is 2.51. The van der Waals surface area contributed by atoms with E-state index < -0.39 is 0 Å². The molecule has 6 nitrogen and oxygen atoms in total. The van der Waals surface area contributed by atoms with Crippen LogP contribution >= 0.6 is 27.5 Å². The van der Waals surface area contributed by atoms with Crippen LogP contribution in [0.2, 0.25) is 5.02 Å². The molecule has 3 aromatic rings. The summed E-state index contributed by atoms with van der Waals surface area (Å²) in [6.07, 6.45) is 0. The molecule has 0 spiro atoms. The van der Waals surface area contributed by atoms with Gasteiger partial charge in [-0.2, -0.15) is 0 Å². The Hall–Kier alpha value is -2.38. The molecule has 0 bridgehead atoms. The summed E-state index contributed by atoms with van der Waals surface area (Å²) in [6.45, 7) is 2.17. The number of aromatic nitrogens is 3. The van der Waals surface area contributed by atoms with Crippen molar-refractivity contribution in [3.63, 3.8) is 0 Å². The fraction of sp³-hybridized carbons (Fsp3) is 0.167.